The molecule has 8 rings (SSSR count). The van der Waals surface area contributed by atoms with E-state index in [0.717, 1.165) is 18.2 Å². The van der Waals surface area contributed by atoms with Crippen LogP contribution in [0.25, 0.3) is 22.3 Å². The van der Waals surface area contributed by atoms with Crippen molar-refractivity contribution in [3.63, 3.8) is 0 Å². The van der Waals surface area contributed by atoms with Gasteiger partial charge < -0.3 is 55.6 Å². The van der Waals surface area contributed by atoms with Gasteiger partial charge in [0.1, 0.15) is 54.8 Å². The van der Waals surface area contributed by atoms with Crippen LogP contribution in [0.3, 0.4) is 0 Å². The minimum atomic E-state index is -4.66. The number of nitrogens with one attached hydrogen (secondary N) is 5. The number of rotatable bonds is 19. The maximum absolute atomic E-state index is 12.2. The van der Waals surface area contributed by atoms with E-state index in [1.807, 2.05) is 13.8 Å². The smallest absolute Gasteiger partial charge is 0.872 e. The fraction of sp³-hybridized carbons (Fsp3) is 0.467. The molecule has 2 saturated heterocycles. The third-order valence-corrected chi connectivity index (χ3v) is 13.6. The number of aliphatic hydroxyl groups excluding tert-OH is 4. The molecule has 9 N–H and O–H groups in total. The van der Waals surface area contributed by atoms with Gasteiger partial charge in [-0.1, -0.05) is 73.9 Å². The van der Waals surface area contributed by atoms with Crippen molar-refractivity contribution in [1.29, 1.82) is 0 Å². The molecule has 0 spiro atoms. The fourth-order valence-corrected chi connectivity index (χ4v) is 9.07. The van der Waals surface area contributed by atoms with Gasteiger partial charge in [0.15, 0.2) is 40.9 Å². The maximum atomic E-state index is 12.2. The Hall–Kier alpha value is -5.78. The number of benzene rings is 2. The number of quaternary nitrogens is 1. The Kier molecular flexibility index (Phi) is 22.3. The van der Waals surface area contributed by atoms with Gasteiger partial charge >= 0.3 is 50.2 Å². The largest absolute Gasteiger partial charge is 1.00 e. The van der Waals surface area contributed by atoms with Crippen molar-refractivity contribution in [2.45, 2.75) is 83.7 Å². The van der Waals surface area contributed by atoms with Crippen molar-refractivity contribution in [2.24, 2.45) is 5.92 Å². The summed E-state index contributed by atoms with van der Waals surface area (Å²) >= 11 is 0. The summed E-state index contributed by atoms with van der Waals surface area (Å²) in [5.74, 6) is -2.39. The number of carbonyl (C=O) groups excluding carboxylic acids is 2. The van der Waals surface area contributed by atoms with Crippen LogP contribution >= 0.6 is 0 Å². The van der Waals surface area contributed by atoms with Crippen molar-refractivity contribution >= 4 is 66.4 Å². The van der Waals surface area contributed by atoms with E-state index in [1.54, 1.807) is 21.4 Å². The molecule has 77 heavy (non-hydrogen) atoms. The molecule has 0 aliphatic carbocycles. The van der Waals surface area contributed by atoms with Crippen LogP contribution in [0.4, 0.5) is 11.6 Å². The van der Waals surface area contributed by atoms with Gasteiger partial charge in [-0.25, -0.2) is 39.3 Å². The molecular weight excluding hydrogens is 1070 g/mol. The molecule has 2 aliphatic rings. The molecule has 2 aromatic carbocycles. The second-order valence-corrected chi connectivity index (χ2v) is 20.0. The molecule has 6 heterocycles. The van der Waals surface area contributed by atoms with Crippen LogP contribution in [0.1, 0.15) is 67.8 Å². The van der Waals surface area contributed by atoms with Crippen molar-refractivity contribution in [1.82, 2.24) is 48.5 Å². The molecule has 2 fully saturated rings. The van der Waals surface area contributed by atoms with E-state index < -0.39 is 106 Å². The molecule has 414 valence electrons. The van der Waals surface area contributed by atoms with E-state index in [-0.39, 0.29) is 40.7 Å². The quantitative estimate of drug-likeness (QED) is 0.0342. The van der Waals surface area contributed by atoms with Crippen LogP contribution < -0.4 is 64.7 Å². The third-order valence-electron chi connectivity index (χ3n) is 11.8. The van der Waals surface area contributed by atoms with E-state index in [1.165, 1.54) is 84.4 Å². The molecule has 0 bridgehead atoms. The van der Waals surface area contributed by atoms with Crippen LogP contribution in [0.5, 0.6) is 11.5 Å². The zero-order chi connectivity index (χ0) is 55.5. The first-order valence-electron chi connectivity index (χ1n) is 23.7. The Morgan fingerprint density at radius 2 is 1.06 bits per heavy atom. The van der Waals surface area contributed by atoms with E-state index in [9.17, 15) is 57.1 Å². The normalized spacial score (nSPS) is 21.2. The summed E-state index contributed by atoms with van der Waals surface area (Å²) in [6, 6.07) is 10.2. The number of aliphatic hydroxyl groups is 4. The number of ether oxygens (including phenoxy) is 2. The minimum absolute atomic E-state index is 0. The monoisotopic (exact) mass is 1130 g/mol. The van der Waals surface area contributed by atoms with Gasteiger partial charge in [0.25, 0.3) is 11.8 Å². The molecule has 32 heteroatoms. The van der Waals surface area contributed by atoms with Gasteiger partial charge in [0, 0.05) is 24.7 Å². The minimum Gasteiger partial charge on any atom is -0.872 e. The number of hydrogen-bond acceptors (Lipinski definition) is 24. The molecule has 2 aliphatic heterocycles. The Bertz CT molecular complexity index is 3150. The molecule has 0 radical (unpaired) electrons. The molecule has 0 saturated carbocycles. The SMILES string of the molecule is CC(C)CNc1ncnc2c1ncn2[C@@H]1O[C@H](COS(=O)(=O)NC(=O)c2ccccc2[O-])[C@@H](O)[C@H]1O.CC[NH+](CC)CC.CNc1ncnc2c1ncn2[C@@H]1O[C@H](COS(=O)(=O)NC(=O)c2ccccc2[O-])[C@@H](O)[C@H]1O.[Na+]. The number of aromatic nitrogens is 8. The molecule has 6 aromatic rings. The zero-order valence-electron chi connectivity index (χ0n) is 42.9. The number of fused-ring (bicyclic) bond motifs is 2. The first-order chi connectivity index (χ1) is 36.1. The fourth-order valence-electron chi connectivity index (χ4n) is 7.65. The molecule has 29 nitrogen and oxygen atoms in total. The predicted octanol–water partition coefficient (Wildman–Crippen LogP) is -5.53. The van der Waals surface area contributed by atoms with Crippen LogP contribution in [-0.2, 0) is 38.4 Å². The van der Waals surface area contributed by atoms with Crippen LogP contribution in [0, 0.1) is 5.92 Å². The summed E-state index contributed by atoms with van der Waals surface area (Å²) in [7, 11) is -7.66. The van der Waals surface area contributed by atoms with Gasteiger partial charge in [-0.2, -0.15) is 16.8 Å². The van der Waals surface area contributed by atoms with E-state index >= 15 is 0 Å². The summed E-state index contributed by atoms with van der Waals surface area (Å²) in [6.07, 6.45) is -5.55. The van der Waals surface area contributed by atoms with Gasteiger partial charge in [-0.05, 0) is 26.7 Å². The standard InChI is InChI=1S/C21H26N6O8S.C18H20N6O8S.C6H15N.Na/c1-11(2)7-22-18-15-19(24-9-23-18)27(10-25-15)21-17(30)16(29)14(35-21)8-34-36(32,33)26-20(31)12-5-3-4-6-13(12)28;1-19-15-12-16(21-7-20-15)24(8-22-12)18-14(27)13(26)11(32-18)6-31-33(29,30)23-17(28)9-4-2-3-5-10(9)25;1-4-7(5-2)6-3;/h3-6,9-11,14,16-17,21,28-30H,7-8H2,1-2H3,(H,26,31)(H,22,23,24);2-5,7-8,11,13-14,18,25-27H,6H2,1H3,(H,23,28)(H,19,20,21);4-6H2,1-3H3;/q;;;+1/p-1/t14-,16-,17-,21-;11-,13-,14-,18-;;/m11../s1. The topological polar surface area (TPSA) is 406 Å². The second kappa shape index (κ2) is 27.7. The number of imidazole rings is 2. The zero-order valence-corrected chi connectivity index (χ0v) is 46.6. The van der Waals surface area contributed by atoms with Crippen LogP contribution in [-0.4, -0.2) is 171 Å². The Morgan fingerprint density at radius 1 is 0.662 bits per heavy atom. The number of nitrogens with zero attached hydrogens (tertiary/aromatic N) is 8. The van der Waals surface area contributed by atoms with Crippen molar-refractivity contribution < 1.29 is 109 Å². The van der Waals surface area contributed by atoms with Gasteiger partial charge in [0.2, 0.25) is 0 Å². The average Bonchev–Trinajstić information content (AvgIpc) is 4.20. The van der Waals surface area contributed by atoms with Gasteiger partial charge in [0.05, 0.1) is 45.5 Å². The van der Waals surface area contributed by atoms with Crippen LogP contribution in [0.2, 0.25) is 0 Å². The van der Waals surface area contributed by atoms with Crippen LogP contribution in [0.15, 0.2) is 73.8 Å². The summed E-state index contributed by atoms with van der Waals surface area (Å²) in [4.78, 5) is 50.8. The van der Waals surface area contributed by atoms with Crippen molar-refractivity contribution in [3.05, 3.63) is 85.0 Å². The third kappa shape index (κ3) is 15.5. The van der Waals surface area contributed by atoms with Crippen molar-refractivity contribution in [3.8, 4) is 11.5 Å². The summed E-state index contributed by atoms with van der Waals surface area (Å²) in [6.45, 7) is 13.7. The van der Waals surface area contributed by atoms with E-state index in [0.29, 0.717) is 46.4 Å². The first-order valence-corrected chi connectivity index (χ1v) is 26.5. The number of carbonyl (C=O) groups is 2. The Labute approximate surface area is 464 Å². The molecule has 0 unspecified atom stereocenters. The number of hydrogen-bond donors (Lipinski definition) is 9. The van der Waals surface area contributed by atoms with Crippen molar-refractivity contribution in [2.75, 3.05) is 57.1 Å². The molecule has 2 amide bonds. The predicted molar refractivity (Wildman–Crippen MR) is 264 cm³/mol. The summed E-state index contributed by atoms with van der Waals surface area (Å²) in [5, 5.41) is 71.2. The number of anilines is 2. The molecule has 4 aromatic heterocycles. The number of amides is 2. The van der Waals surface area contributed by atoms with E-state index in [4.69, 9.17) is 17.8 Å². The summed E-state index contributed by atoms with van der Waals surface area (Å²) in [5.41, 5.74) is 0.690. The van der Waals surface area contributed by atoms with Gasteiger partial charge in [-0.15, -0.1) is 0 Å². The van der Waals surface area contributed by atoms with E-state index in [2.05, 4.69) is 61.3 Å². The number of para-hydroxylation sites is 2. The summed E-state index contributed by atoms with van der Waals surface area (Å²) < 4.78 is 75.5. The maximum Gasteiger partial charge on any atom is 1.00 e. The Balaban J connectivity index is 0.000000250. The molecular formula is C45H60N13NaO16S2. The average molecular weight is 1130 g/mol. The van der Waals surface area contributed by atoms with Gasteiger partial charge in [-0.3, -0.25) is 27.1 Å². The molecule has 8 atom stereocenters. The second-order valence-electron chi connectivity index (χ2n) is 17.4. The first kappa shape index (κ1) is 62.1. The Morgan fingerprint density at radius 3 is 1.44 bits per heavy atom.